The first-order chi connectivity index (χ1) is 11.5. The van der Waals surface area contributed by atoms with Gasteiger partial charge < -0.3 is 9.15 Å². The van der Waals surface area contributed by atoms with Crippen molar-refractivity contribution in [3.05, 3.63) is 50.8 Å². The summed E-state index contributed by atoms with van der Waals surface area (Å²) in [5, 5.41) is 11.8. The van der Waals surface area contributed by atoms with E-state index in [2.05, 4.69) is 15.5 Å². The van der Waals surface area contributed by atoms with Gasteiger partial charge in [0.15, 0.2) is 11.2 Å². The Labute approximate surface area is 141 Å². The number of anilines is 1. The molecule has 1 unspecified atom stereocenters. The van der Waals surface area contributed by atoms with E-state index in [4.69, 9.17) is 9.15 Å². The molecular formula is C16H15N3O4S. The van der Waals surface area contributed by atoms with Gasteiger partial charge in [0.2, 0.25) is 5.13 Å². The Morgan fingerprint density at radius 2 is 2.12 bits per heavy atom. The monoisotopic (exact) mass is 345 g/mol. The quantitative estimate of drug-likeness (QED) is 0.781. The maximum atomic E-state index is 12.3. The van der Waals surface area contributed by atoms with Crippen LogP contribution in [0.4, 0.5) is 5.13 Å². The summed E-state index contributed by atoms with van der Waals surface area (Å²) in [6.07, 6.45) is -0.213. The first-order valence-electron chi connectivity index (χ1n) is 7.20. The molecule has 0 fully saturated rings. The molecule has 3 rings (SSSR count). The minimum Gasteiger partial charge on any atom is -0.451 e. The average Bonchev–Trinajstić information content (AvgIpc) is 3.02. The van der Waals surface area contributed by atoms with Gasteiger partial charge in [-0.25, -0.2) is 0 Å². The van der Waals surface area contributed by atoms with Gasteiger partial charge in [-0.15, -0.1) is 10.2 Å². The van der Waals surface area contributed by atoms with Gasteiger partial charge >= 0.3 is 0 Å². The van der Waals surface area contributed by atoms with Crippen molar-refractivity contribution in [1.82, 2.24) is 10.2 Å². The number of nitrogens with zero attached hydrogens (tertiary/aromatic N) is 2. The molecule has 124 valence electrons. The third kappa shape index (κ3) is 3.19. The van der Waals surface area contributed by atoms with Crippen LogP contribution in [0.25, 0.3) is 11.0 Å². The van der Waals surface area contributed by atoms with Gasteiger partial charge in [-0.1, -0.05) is 17.4 Å². The highest BCUT2D eigenvalue weighted by atomic mass is 32.1. The Kier molecular flexibility index (Phi) is 4.41. The highest BCUT2D eigenvalue weighted by Gasteiger charge is 2.16. The number of hydrogen-bond donors (Lipinski definition) is 1. The predicted octanol–water partition coefficient (Wildman–Crippen LogP) is 2.91. The van der Waals surface area contributed by atoms with Gasteiger partial charge in [0, 0.05) is 13.2 Å². The highest BCUT2D eigenvalue weighted by Crippen LogP contribution is 2.24. The van der Waals surface area contributed by atoms with Crippen LogP contribution in [0.1, 0.15) is 34.2 Å². The van der Waals surface area contributed by atoms with E-state index in [1.54, 1.807) is 19.2 Å². The van der Waals surface area contributed by atoms with Crippen molar-refractivity contribution in [2.24, 2.45) is 0 Å². The van der Waals surface area contributed by atoms with Gasteiger partial charge in [0.1, 0.15) is 16.7 Å². The van der Waals surface area contributed by atoms with Crippen molar-refractivity contribution in [3.8, 4) is 0 Å². The molecule has 1 atom stereocenters. The van der Waals surface area contributed by atoms with Crippen LogP contribution in [0, 0.1) is 6.92 Å². The molecule has 1 amide bonds. The minimum atomic E-state index is -0.553. The van der Waals surface area contributed by atoms with Gasteiger partial charge in [-0.2, -0.15) is 0 Å². The average molecular weight is 345 g/mol. The fourth-order valence-corrected chi connectivity index (χ4v) is 2.85. The second-order valence-corrected chi connectivity index (χ2v) is 6.26. The summed E-state index contributed by atoms with van der Waals surface area (Å²) >= 11 is 1.20. The third-order valence-corrected chi connectivity index (χ3v) is 4.47. The SMILES string of the molecule is COC(C)c1nnc(NC(=O)c2cc(=O)c3ccc(C)cc3o2)s1. The van der Waals surface area contributed by atoms with E-state index < -0.39 is 5.91 Å². The predicted molar refractivity (Wildman–Crippen MR) is 90.5 cm³/mol. The van der Waals surface area contributed by atoms with Crippen molar-refractivity contribution in [1.29, 1.82) is 0 Å². The van der Waals surface area contributed by atoms with Crippen molar-refractivity contribution in [3.63, 3.8) is 0 Å². The Bertz CT molecular complexity index is 963. The fourth-order valence-electron chi connectivity index (χ4n) is 2.08. The minimum absolute atomic E-state index is 0.0744. The van der Waals surface area contributed by atoms with Gasteiger partial charge in [-0.05, 0) is 31.5 Å². The number of amides is 1. The molecule has 24 heavy (non-hydrogen) atoms. The number of nitrogens with one attached hydrogen (secondary N) is 1. The van der Waals surface area contributed by atoms with Gasteiger partial charge in [0.05, 0.1) is 5.39 Å². The Balaban J connectivity index is 1.88. The second-order valence-electron chi connectivity index (χ2n) is 5.25. The number of aromatic nitrogens is 2. The standard InChI is InChI=1S/C16H15N3O4S/c1-8-4-5-10-11(20)7-13(23-12(10)6-8)14(21)17-16-19-18-15(24-16)9(2)22-3/h4-7,9H,1-3H3,(H,17,19,21). The molecule has 0 spiro atoms. The number of rotatable bonds is 4. The lowest BCUT2D eigenvalue weighted by molar-refractivity contribution is 0.0997. The molecule has 1 aromatic carbocycles. The summed E-state index contributed by atoms with van der Waals surface area (Å²) in [5.74, 6) is -0.627. The molecule has 0 bridgehead atoms. The molecule has 0 aliphatic carbocycles. The summed E-state index contributed by atoms with van der Waals surface area (Å²) in [6.45, 7) is 3.71. The lowest BCUT2D eigenvalue weighted by atomic mass is 10.1. The van der Waals surface area contributed by atoms with Crippen LogP contribution in [-0.4, -0.2) is 23.2 Å². The molecule has 1 N–H and O–H groups in total. The molecule has 3 aromatic rings. The molecule has 8 heteroatoms. The van der Waals surface area contributed by atoms with E-state index >= 15 is 0 Å². The maximum Gasteiger partial charge on any atom is 0.293 e. The summed E-state index contributed by atoms with van der Waals surface area (Å²) in [7, 11) is 1.57. The number of fused-ring (bicyclic) bond motifs is 1. The number of ether oxygens (including phenoxy) is 1. The van der Waals surface area contributed by atoms with E-state index in [9.17, 15) is 9.59 Å². The number of carbonyl (C=O) groups is 1. The Morgan fingerprint density at radius 1 is 1.33 bits per heavy atom. The number of benzene rings is 1. The van der Waals surface area contributed by atoms with Crippen LogP contribution >= 0.6 is 11.3 Å². The molecule has 0 saturated carbocycles. The Hall–Kier alpha value is -2.58. The number of hydrogen-bond acceptors (Lipinski definition) is 7. The van der Waals surface area contributed by atoms with Crippen molar-refractivity contribution < 1.29 is 13.9 Å². The second kappa shape index (κ2) is 6.50. The van der Waals surface area contributed by atoms with E-state index in [0.29, 0.717) is 21.1 Å². The lowest BCUT2D eigenvalue weighted by Crippen LogP contribution is -2.14. The van der Waals surface area contributed by atoms with E-state index in [0.717, 1.165) is 5.56 Å². The summed E-state index contributed by atoms with van der Waals surface area (Å²) in [5.41, 5.74) is 1.04. The molecule has 2 aromatic heterocycles. The molecule has 0 radical (unpaired) electrons. The Morgan fingerprint density at radius 3 is 2.88 bits per heavy atom. The highest BCUT2D eigenvalue weighted by molar-refractivity contribution is 7.15. The van der Waals surface area contributed by atoms with E-state index in [1.807, 2.05) is 19.9 Å². The molecule has 2 heterocycles. The zero-order valence-corrected chi connectivity index (χ0v) is 14.1. The molecule has 7 nitrogen and oxygen atoms in total. The van der Waals surface area contributed by atoms with E-state index in [1.165, 1.54) is 17.4 Å². The zero-order chi connectivity index (χ0) is 17.3. The van der Waals surface area contributed by atoms with Crippen LogP contribution in [-0.2, 0) is 4.74 Å². The first-order valence-corrected chi connectivity index (χ1v) is 8.01. The van der Waals surface area contributed by atoms with Crippen molar-refractivity contribution in [2.45, 2.75) is 20.0 Å². The topological polar surface area (TPSA) is 94.3 Å². The number of methoxy groups -OCH3 is 1. The fraction of sp³-hybridized carbons (Fsp3) is 0.250. The largest absolute Gasteiger partial charge is 0.451 e. The molecular weight excluding hydrogens is 330 g/mol. The summed E-state index contributed by atoms with van der Waals surface area (Å²) < 4.78 is 10.7. The normalized spacial score (nSPS) is 12.3. The smallest absolute Gasteiger partial charge is 0.293 e. The first kappa shape index (κ1) is 16.3. The van der Waals surface area contributed by atoms with E-state index in [-0.39, 0.29) is 17.3 Å². The number of carbonyl (C=O) groups excluding carboxylic acids is 1. The molecule has 0 aliphatic rings. The van der Waals surface area contributed by atoms with Crippen LogP contribution in [0.3, 0.4) is 0 Å². The van der Waals surface area contributed by atoms with Crippen LogP contribution in [0.15, 0.2) is 33.5 Å². The van der Waals surface area contributed by atoms with Crippen molar-refractivity contribution in [2.75, 3.05) is 12.4 Å². The molecule has 0 aliphatic heterocycles. The van der Waals surface area contributed by atoms with Crippen LogP contribution < -0.4 is 10.7 Å². The van der Waals surface area contributed by atoms with Crippen LogP contribution in [0.2, 0.25) is 0 Å². The van der Waals surface area contributed by atoms with Gasteiger partial charge in [0.25, 0.3) is 5.91 Å². The maximum absolute atomic E-state index is 12.3. The van der Waals surface area contributed by atoms with Crippen LogP contribution in [0.5, 0.6) is 0 Å². The number of aryl methyl sites for hydroxylation is 1. The zero-order valence-electron chi connectivity index (χ0n) is 13.3. The van der Waals surface area contributed by atoms with Crippen molar-refractivity contribution >= 4 is 33.3 Å². The third-order valence-electron chi connectivity index (χ3n) is 3.47. The molecule has 0 saturated heterocycles. The van der Waals surface area contributed by atoms with Gasteiger partial charge in [-0.3, -0.25) is 14.9 Å². The summed E-state index contributed by atoms with van der Waals surface area (Å²) in [4.78, 5) is 24.4. The summed E-state index contributed by atoms with van der Waals surface area (Å²) in [6, 6.07) is 6.39. The lowest BCUT2D eigenvalue weighted by Gasteiger charge is -2.04.